The van der Waals surface area contributed by atoms with E-state index >= 15 is 0 Å². The van der Waals surface area contributed by atoms with Gasteiger partial charge < -0.3 is 10.1 Å². The van der Waals surface area contributed by atoms with Crippen molar-refractivity contribution in [2.45, 2.75) is 0 Å². The molecule has 0 fully saturated rings. The van der Waals surface area contributed by atoms with E-state index in [4.69, 9.17) is 5.11 Å². The maximum Gasteiger partial charge on any atom is 0.356 e. The van der Waals surface area contributed by atoms with Gasteiger partial charge >= 0.3 is 5.97 Å². The van der Waals surface area contributed by atoms with E-state index < -0.39 is 5.97 Å². The second-order valence-electron chi connectivity index (χ2n) is 2.45. The summed E-state index contributed by atoms with van der Waals surface area (Å²) in [6, 6.07) is 2.56. The molecule has 0 atom stereocenters. The summed E-state index contributed by atoms with van der Waals surface area (Å²) in [6.45, 7) is 0. The van der Waals surface area contributed by atoms with Crippen molar-refractivity contribution in [3.05, 3.63) is 34.4 Å². The van der Waals surface area contributed by atoms with E-state index in [9.17, 15) is 9.59 Å². The van der Waals surface area contributed by atoms with Gasteiger partial charge in [0.25, 0.3) is 5.56 Å². The largest absolute Gasteiger partial charge is 0.476 e. The number of aromatic amines is 1. The molecule has 2 heterocycles. The van der Waals surface area contributed by atoms with Crippen molar-refractivity contribution in [3.63, 3.8) is 0 Å². The highest BCUT2D eigenvalue weighted by Gasteiger charge is 2.09. The third kappa shape index (κ3) is 1.08. The SMILES string of the molecule is O=C(O)c1cc2[nH]ccc(=O)n2n1. The first-order chi connectivity index (χ1) is 6.18. The molecular formula is C7H5N3O3. The van der Waals surface area contributed by atoms with E-state index in [1.807, 2.05) is 0 Å². The fraction of sp³-hybridized carbons (Fsp3) is 0. The summed E-state index contributed by atoms with van der Waals surface area (Å²) in [7, 11) is 0. The molecule has 0 saturated heterocycles. The molecule has 2 aromatic heterocycles. The molecule has 66 valence electrons. The molecule has 0 unspecified atom stereocenters. The number of carbonyl (C=O) groups is 1. The minimum Gasteiger partial charge on any atom is -0.476 e. The Bertz CT molecular complexity index is 525. The number of hydrogen-bond donors (Lipinski definition) is 2. The van der Waals surface area contributed by atoms with E-state index in [0.717, 1.165) is 4.52 Å². The highest BCUT2D eigenvalue weighted by Crippen LogP contribution is 1.99. The minimum absolute atomic E-state index is 0.153. The van der Waals surface area contributed by atoms with Gasteiger partial charge in [0.1, 0.15) is 5.65 Å². The normalized spacial score (nSPS) is 10.5. The number of nitrogens with one attached hydrogen (secondary N) is 1. The predicted octanol–water partition coefficient (Wildman–Crippen LogP) is -0.279. The lowest BCUT2D eigenvalue weighted by molar-refractivity contribution is 0.0690. The summed E-state index contributed by atoms with van der Waals surface area (Å²) < 4.78 is 1.00. The number of fused-ring (bicyclic) bond motifs is 1. The van der Waals surface area contributed by atoms with Crippen LogP contribution in [0.15, 0.2) is 23.1 Å². The summed E-state index contributed by atoms with van der Waals surface area (Å²) in [5.74, 6) is -1.16. The molecule has 0 saturated carbocycles. The minimum atomic E-state index is -1.16. The van der Waals surface area contributed by atoms with E-state index in [-0.39, 0.29) is 11.3 Å². The predicted molar refractivity (Wildman–Crippen MR) is 42.8 cm³/mol. The number of aromatic carboxylic acids is 1. The maximum atomic E-state index is 11.1. The van der Waals surface area contributed by atoms with Gasteiger partial charge in [0.15, 0.2) is 5.69 Å². The number of rotatable bonds is 1. The Morgan fingerprint density at radius 3 is 3.00 bits per heavy atom. The van der Waals surface area contributed by atoms with Crippen molar-refractivity contribution in [2.24, 2.45) is 0 Å². The lowest BCUT2D eigenvalue weighted by Crippen LogP contribution is -2.13. The van der Waals surface area contributed by atoms with Crippen LogP contribution >= 0.6 is 0 Å². The molecule has 0 aliphatic rings. The zero-order valence-corrected chi connectivity index (χ0v) is 6.39. The van der Waals surface area contributed by atoms with Gasteiger partial charge in [-0.2, -0.15) is 9.61 Å². The second kappa shape index (κ2) is 2.44. The fourth-order valence-corrected chi connectivity index (χ4v) is 1.03. The number of nitrogens with zero attached hydrogens (tertiary/aromatic N) is 2. The molecule has 2 N–H and O–H groups in total. The molecule has 0 aliphatic carbocycles. The van der Waals surface area contributed by atoms with Crippen LogP contribution in [0.4, 0.5) is 0 Å². The van der Waals surface area contributed by atoms with Crippen molar-refractivity contribution in [1.82, 2.24) is 14.6 Å². The zero-order chi connectivity index (χ0) is 9.42. The third-order valence-corrected chi connectivity index (χ3v) is 1.59. The summed E-state index contributed by atoms with van der Waals surface area (Å²) in [6.07, 6.45) is 1.44. The molecule has 2 rings (SSSR count). The first-order valence-electron chi connectivity index (χ1n) is 3.49. The Labute approximate surface area is 71.4 Å². The molecule has 6 nitrogen and oxygen atoms in total. The lowest BCUT2D eigenvalue weighted by Gasteiger charge is -1.87. The number of hydrogen-bond acceptors (Lipinski definition) is 3. The van der Waals surface area contributed by atoms with Gasteiger partial charge in [-0.05, 0) is 0 Å². The van der Waals surface area contributed by atoms with Crippen LogP contribution in [-0.4, -0.2) is 25.7 Å². The zero-order valence-electron chi connectivity index (χ0n) is 6.39. The van der Waals surface area contributed by atoms with Crippen LogP contribution < -0.4 is 5.56 Å². The smallest absolute Gasteiger partial charge is 0.356 e. The molecule has 0 radical (unpaired) electrons. The van der Waals surface area contributed by atoms with E-state index in [1.54, 1.807) is 0 Å². The maximum absolute atomic E-state index is 11.1. The Kier molecular flexibility index (Phi) is 1.42. The molecule has 0 aliphatic heterocycles. The molecule has 13 heavy (non-hydrogen) atoms. The number of carboxylic acid groups (broad SMARTS) is 1. The second-order valence-corrected chi connectivity index (χ2v) is 2.45. The Hall–Kier alpha value is -2.11. The van der Waals surface area contributed by atoms with Gasteiger partial charge in [-0.15, -0.1) is 0 Å². The van der Waals surface area contributed by atoms with Crippen LogP contribution in [0.25, 0.3) is 5.65 Å². The standard InChI is InChI=1S/C7H5N3O3/c11-6-1-2-8-5-3-4(7(12)13)9-10(5)6/h1-3,8H,(H,12,13). The quantitative estimate of drug-likeness (QED) is 0.630. The number of H-pyrrole nitrogens is 1. The van der Waals surface area contributed by atoms with Crippen molar-refractivity contribution >= 4 is 11.6 Å². The first-order valence-corrected chi connectivity index (χ1v) is 3.49. The van der Waals surface area contributed by atoms with Gasteiger partial charge in [0, 0.05) is 18.3 Å². The fourth-order valence-electron chi connectivity index (χ4n) is 1.03. The Morgan fingerprint density at radius 1 is 1.62 bits per heavy atom. The summed E-state index contributed by atoms with van der Waals surface area (Å²) in [5.41, 5.74) is -0.147. The van der Waals surface area contributed by atoms with Gasteiger partial charge in [0.2, 0.25) is 0 Å². The van der Waals surface area contributed by atoms with E-state index in [1.165, 1.54) is 18.3 Å². The monoisotopic (exact) mass is 179 g/mol. The Morgan fingerprint density at radius 2 is 2.38 bits per heavy atom. The molecule has 6 heteroatoms. The molecule has 0 spiro atoms. The molecule has 2 aromatic rings. The van der Waals surface area contributed by atoms with Crippen LogP contribution in [0, 0.1) is 0 Å². The van der Waals surface area contributed by atoms with Gasteiger partial charge in [0.05, 0.1) is 0 Å². The van der Waals surface area contributed by atoms with Crippen molar-refractivity contribution < 1.29 is 9.90 Å². The molecule has 0 bridgehead atoms. The van der Waals surface area contributed by atoms with Crippen LogP contribution in [-0.2, 0) is 0 Å². The van der Waals surface area contributed by atoms with Crippen LogP contribution in [0.3, 0.4) is 0 Å². The number of carboxylic acids is 1. The van der Waals surface area contributed by atoms with Crippen LogP contribution in [0.5, 0.6) is 0 Å². The highest BCUT2D eigenvalue weighted by molar-refractivity contribution is 5.86. The van der Waals surface area contributed by atoms with Crippen molar-refractivity contribution in [2.75, 3.05) is 0 Å². The topological polar surface area (TPSA) is 87.5 Å². The highest BCUT2D eigenvalue weighted by atomic mass is 16.4. The molecule has 0 aromatic carbocycles. The van der Waals surface area contributed by atoms with Gasteiger partial charge in [-0.25, -0.2) is 4.79 Å². The molecular weight excluding hydrogens is 174 g/mol. The van der Waals surface area contributed by atoms with Crippen LogP contribution in [0.2, 0.25) is 0 Å². The first kappa shape index (κ1) is 7.53. The number of aromatic nitrogens is 3. The summed E-state index contributed by atoms with van der Waals surface area (Å²) in [5, 5.41) is 12.2. The van der Waals surface area contributed by atoms with Crippen molar-refractivity contribution in [3.8, 4) is 0 Å². The van der Waals surface area contributed by atoms with E-state index in [2.05, 4.69) is 10.1 Å². The molecule has 0 amide bonds. The lowest BCUT2D eigenvalue weighted by atomic mass is 10.4. The van der Waals surface area contributed by atoms with Crippen molar-refractivity contribution in [1.29, 1.82) is 0 Å². The summed E-state index contributed by atoms with van der Waals surface area (Å²) >= 11 is 0. The average molecular weight is 179 g/mol. The third-order valence-electron chi connectivity index (χ3n) is 1.59. The van der Waals surface area contributed by atoms with Gasteiger partial charge in [-0.1, -0.05) is 0 Å². The summed E-state index contributed by atoms with van der Waals surface area (Å²) in [4.78, 5) is 24.3. The Balaban J connectivity index is 2.83. The average Bonchev–Trinajstić information content (AvgIpc) is 2.49. The van der Waals surface area contributed by atoms with Gasteiger partial charge in [-0.3, -0.25) is 4.79 Å². The van der Waals surface area contributed by atoms with Crippen LogP contribution in [0.1, 0.15) is 10.5 Å². The van der Waals surface area contributed by atoms with E-state index in [0.29, 0.717) is 5.65 Å².